The quantitative estimate of drug-likeness (QED) is 0.323. The van der Waals surface area contributed by atoms with Gasteiger partial charge in [-0.05, 0) is 62.8 Å². The highest BCUT2D eigenvalue weighted by molar-refractivity contribution is 6.32. The number of aromatic nitrogens is 2. The van der Waals surface area contributed by atoms with Crippen molar-refractivity contribution in [1.82, 2.24) is 14.9 Å². The lowest BCUT2D eigenvalue weighted by atomic mass is 10.1. The van der Waals surface area contributed by atoms with Crippen molar-refractivity contribution in [1.29, 1.82) is 0 Å². The molecule has 1 aromatic heterocycles. The van der Waals surface area contributed by atoms with Gasteiger partial charge >= 0.3 is 0 Å². The normalized spacial score (nSPS) is 15.6. The smallest absolute Gasteiger partial charge is 0.249 e. The van der Waals surface area contributed by atoms with E-state index >= 15 is 0 Å². The van der Waals surface area contributed by atoms with Crippen molar-refractivity contribution in [3.05, 3.63) is 59.4 Å². The number of nitrogens with zero attached hydrogens (tertiary/aromatic N) is 2. The first-order valence-corrected chi connectivity index (χ1v) is 12.8. The first-order chi connectivity index (χ1) is 16.7. The van der Waals surface area contributed by atoms with E-state index in [2.05, 4.69) is 28.1 Å². The predicted octanol–water partition coefficient (Wildman–Crippen LogP) is 5.56. The summed E-state index contributed by atoms with van der Waals surface area (Å²) in [5.41, 5.74) is 2.24. The number of rotatable bonds is 13. The van der Waals surface area contributed by atoms with Crippen LogP contribution in [0.2, 0.25) is 5.02 Å². The molecule has 0 saturated carbocycles. The zero-order chi connectivity index (χ0) is 23.6. The lowest BCUT2D eigenvalue weighted by Gasteiger charge is -2.11. The summed E-state index contributed by atoms with van der Waals surface area (Å²) in [4.78, 5) is 16.9. The van der Waals surface area contributed by atoms with Gasteiger partial charge in [-0.25, -0.2) is 4.98 Å². The van der Waals surface area contributed by atoms with Gasteiger partial charge in [-0.3, -0.25) is 4.79 Å². The van der Waals surface area contributed by atoms with Gasteiger partial charge in [0.25, 0.3) is 0 Å². The molecule has 34 heavy (non-hydrogen) atoms. The van der Waals surface area contributed by atoms with E-state index in [0.29, 0.717) is 24.8 Å². The molecule has 0 aliphatic carbocycles. The second kappa shape index (κ2) is 12.8. The number of aryl methyl sites for hydroxylation is 2. The van der Waals surface area contributed by atoms with Crippen LogP contribution in [0.5, 0.6) is 5.75 Å². The van der Waals surface area contributed by atoms with Crippen LogP contribution in [-0.2, 0) is 22.5 Å². The lowest BCUT2D eigenvalue weighted by molar-refractivity contribution is -0.130. The summed E-state index contributed by atoms with van der Waals surface area (Å²) in [7, 11) is 0. The summed E-state index contributed by atoms with van der Waals surface area (Å²) >= 11 is 6.17. The standard InChI is InChI=1S/C27H34ClN3O3/c28-21-11-3-6-14-24(21)33-19-9-8-18-31-23-13-5-4-12-22(23)30-26(31)16-2-1-7-17-29-27(32)25-15-10-20-34-25/h3-6,11-14,25H,1-2,7-10,15-20H2,(H,29,32). The Morgan fingerprint density at radius 2 is 1.94 bits per heavy atom. The molecule has 0 radical (unpaired) electrons. The lowest BCUT2D eigenvalue weighted by Crippen LogP contribution is -2.34. The minimum atomic E-state index is -0.241. The minimum Gasteiger partial charge on any atom is -0.492 e. The minimum absolute atomic E-state index is 0.0396. The Morgan fingerprint density at radius 3 is 2.79 bits per heavy atom. The average Bonchev–Trinajstić information content (AvgIpc) is 3.51. The van der Waals surface area contributed by atoms with Gasteiger partial charge in [-0.1, -0.05) is 42.3 Å². The number of halogens is 1. The maximum absolute atomic E-state index is 12.0. The third-order valence-corrected chi connectivity index (χ3v) is 6.51. The number of hydrogen-bond donors (Lipinski definition) is 1. The molecule has 2 aromatic carbocycles. The van der Waals surface area contributed by atoms with E-state index in [0.717, 1.165) is 75.0 Å². The van der Waals surface area contributed by atoms with Crippen LogP contribution in [0, 0.1) is 0 Å². The van der Waals surface area contributed by atoms with Crippen molar-refractivity contribution in [3.8, 4) is 5.75 Å². The van der Waals surface area contributed by atoms with Gasteiger partial charge in [0.05, 0.1) is 22.7 Å². The fraction of sp³-hybridized carbons (Fsp3) is 0.481. The second-order valence-corrected chi connectivity index (χ2v) is 9.16. The zero-order valence-electron chi connectivity index (χ0n) is 19.7. The molecule has 1 N–H and O–H groups in total. The number of nitrogens with one attached hydrogen (secondary N) is 1. The summed E-state index contributed by atoms with van der Waals surface area (Å²) in [5, 5.41) is 3.66. The summed E-state index contributed by atoms with van der Waals surface area (Å²) in [6, 6.07) is 15.9. The van der Waals surface area contributed by atoms with E-state index in [1.807, 2.05) is 30.3 Å². The van der Waals surface area contributed by atoms with E-state index in [9.17, 15) is 4.79 Å². The fourth-order valence-electron chi connectivity index (χ4n) is 4.38. The molecule has 3 aromatic rings. The molecular weight excluding hydrogens is 450 g/mol. The topological polar surface area (TPSA) is 65.4 Å². The van der Waals surface area contributed by atoms with E-state index in [4.69, 9.17) is 26.1 Å². The first kappa shape index (κ1) is 24.6. The van der Waals surface area contributed by atoms with Crippen LogP contribution >= 0.6 is 11.6 Å². The van der Waals surface area contributed by atoms with Gasteiger partial charge in [0.1, 0.15) is 17.7 Å². The molecule has 4 rings (SSSR count). The number of ether oxygens (including phenoxy) is 2. The average molecular weight is 484 g/mol. The summed E-state index contributed by atoms with van der Waals surface area (Å²) in [6.45, 7) is 2.97. The highest BCUT2D eigenvalue weighted by Gasteiger charge is 2.22. The molecular formula is C27H34ClN3O3. The Kier molecular flexibility index (Phi) is 9.22. The van der Waals surface area contributed by atoms with E-state index in [-0.39, 0.29) is 12.0 Å². The molecule has 0 spiro atoms. The number of carbonyl (C=O) groups is 1. The number of benzene rings is 2. The summed E-state index contributed by atoms with van der Waals surface area (Å²) in [5.74, 6) is 1.92. The zero-order valence-corrected chi connectivity index (χ0v) is 20.4. The molecule has 1 atom stereocenters. The number of hydrogen-bond acceptors (Lipinski definition) is 4. The molecule has 1 amide bonds. The second-order valence-electron chi connectivity index (χ2n) is 8.76. The summed E-state index contributed by atoms with van der Waals surface area (Å²) in [6.07, 6.45) is 7.55. The van der Waals surface area contributed by atoms with Crippen molar-refractivity contribution < 1.29 is 14.3 Å². The van der Waals surface area contributed by atoms with Gasteiger partial charge < -0.3 is 19.4 Å². The molecule has 2 heterocycles. The van der Waals surface area contributed by atoms with Gasteiger partial charge in [0.2, 0.25) is 5.91 Å². The SMILES string of the molecule is O=C(NCCCCCc1nc2ccccc2n1CCCCOc1ccccc1Cl)C1CCCO1. The van der Waals surface area contributed by atoms with Crippen molar-refractivity contribution in [2.24, 2.45) is 0 Å². The van der Waals surface area contributed by atoms with Crippen LogP contribution in [-0.4, -0.2) is 41.3 Å². The molecule has 1 unspecified atom stereocenters. The largest absolute Gasteiger partial charge is 0.492 e. The molecule has 1 aliphatic rings. The number of para-hydroxylation sites is 3. The maximum Gasteiger partial charge on any atom is 0.249 e. The van der Waals surface area contributed by atoms with E-state index in [1.165, 1.54) is 5.52 Å². The van der Waals surface area contributed by atoms with Crippen molar-refractivity contribution in [2.45, 2.75) is 64.0 Å². The molecule has 0 bridgehead atoms. The third-order valence-electron chi connectivity index (χ3n) is 6.20. The van der Waals surface area contributed by atoms with Gasteiger partial charge in [0.15, 0.2) is 0 Å². The van der Waals surface area contributed by atoms with Crippen LogP contribution in [0.3, 0.4) is 0 Å². The van der Waals surface area contributed by atoms with Crippen molar-refractivity contribution >= 4 is 28.5 Å². The predicted molar refractivity (Wildman–Crippen MR) is 135 cm³/mol. The summed E-state index contributed by atoms with van der Waals surface area (Å²) < 4.78 is 13.6. The van der Waals surface area contributed by atoms with Gasteiger partial charge in [0, 0.05) is 26.1 Å². The van der Waals surface area contributed by atoms with Crippen LogP contribution in [0.1, 0.15) is 50.8 Å². The first-order valence-electron chi connectivity index (χ1n) is 12.4. The van der Waals surface area contributed by atoms with Crippen LogP contribution in [0.15, 0.2) is 48.5 Å². The highest BCUT2D eigenvalue weighted by atomic mass is 35.5. The monoisotopic (exact) mass is 483 g/mol. The molecule has 7 heteroatoms. The van der Waals surface area contributed by atoms with E-state index < -0.39 is 0 Å². The number of fused-ring (bicyclic) bond motifs is 1. The van der Waals surface area contributed by atoms with Gasteiger partial charge in [-0.2, -0.15) is 0 Å². The Bertz CT molecular complexity index is 1060. The number of unbranched alkanes of at least 4 members (excludes halogenated alkanes) is 3. The van der Waals surface area contributed by atoms with Crippen LogP contribution < -0.4 is 10.1 Å². The Hall–Kier alpha value is -2.57. The van der Waals surface area contributed by atoms with Crippen LogP contribution in [0.25, 0.3) is 11.0 Å². The molecule has 1 fully saturated rings. The molecule has 1 aliphatic heterocycles. The number of carbonyl (C=O) groups excluding carboxylic acids is 1. The van der Waals surface area contributed by atoms with Crippen LogP contribution in [0.4, 0.5) is 0 Å². The number of amides is 1. The van der Waals surface area contributed by atoms with E-state index in [1.54, 1.807) is 0 Å². The Balaban J connectivity index is 1.21. The van der Waals surface area contributed by atoms with Gasteiger partial charge in [-0.15, -0.1) is 0 Å². The highest BCUT2D eigenvalue weighted by Crippen LogP contribution is 2.23. The molecule has 1 saturated heterocycles. The van der Waals surface area contributed by atoms with Crippen molar-refractivity contribution in [2.75, 3.05) is 19.8 Å². The van der Waals surface area contributed by atoms with Crippen molar-refractivity contribution in [3.63, 3.8) is 0 Å². The Labute approximate surface area is 206 Å². The third kappa shape index (κ3) is 6.73. The number of imidazole rings is 1. The Morgan fingerprint density at radius 1 is 1.09 bits per heavy atom. The fourth-order valence-corrected chi connectivity index (χ4v) is 4.57. The molecule has 182 valence electrons. The maximum atomic E-state index is 12.0. The molecule has 6 nitrogen and oxygen atoms in total.